The molecule has 0 bridgehead atoms. The van der Waals surface area contributed by atoms with Gasteiger partial charge in [-0.2, -0.15) is 0 Å². The topological polar surface area (TPSA) is 68.5 Å². The second-order valence-electron chi connectivity index (χ2n) is 8.64. The van der Waals surface area contributed by atoms with Crippen LogP contribution in [0, 0.1) is 6.92 Å². The number of carbonyl (C=O) groups is 1. The lowest BCUT2D eigenvalue weighted by Crippen LogP contribution is -2.46. The summed E-state index contributed by atoms with van der Waals surface area (Å²) < 4.78 is 7.93. The van der Waals surface area contributed by atoms with Crippen LogP contribution >= 0.6 is 0 Å². The molecule has 1 saturated heterocycles. The van der Waals surface area contributed by atoms with Gasteiger partial charge in [0.2, 0.25) is 5.91 Å². The number of fused-ring (bicyclic) bond motifs is 1. The van der Waals surface area contributed by atoms with Gasteiger partial charge in [-0.25, -0.2) is 4.98 Å². The molecule has 1 N–H and O–H groups in total. The molecule has 1 atom stereocenters. The largest absolute Gasteiger partial charge is 0.376 e. The summed E-state index contributed by atoms with van der Waals surface area (Å²) in [6.07, 6.45) is 9.18. The van der Waals surface area contributed by atoms with Gasteiger partial charge in [0.05, 0.1) is 30.2 Å². The Labute approximate surface area is 171 Å². The minimum Gasteiger partial charge on any atom is -0.376 e. The molecule has 6 nitrogen and oxygen atoms in total. The van der Waals surface area contributed by atoms with E-state index in [4.69, 9.17) is 4.74 Å². The van der Waals surface area contributed by atoms with Gasteiger partial charge in [0.25, 0.3) is 0 Å². The van der Waals surface area contributed by atoms with Crippen LogP contribution < -0.4 is 5.32 Å². The number of aromatic nitrogens is 3. The van der Waals surface area contributed by atoms with E-state index in [0.29, 0.717) is 19.6 Å². The number of rotatable bonds is 5. The molecule has 0 unspecified atom stereocenters. The second kappa shape index (κ2) is 7.59. The third-order valence-corrected chi connectivity index (χ3v) is 5.91. The monoisotopic (exact) mass is 392 g/mol. The molecule has 0 spiro atoms. The maximum Gasteiger partial charge on any atom is 0.221 e. The van der Waals surface area contributed by atoms with Gasteiger partial charge in [-0.1, -0.05) is 24.3 Å². The van der Waals surface area contributed by atoms with E-state index in [2.05, 4.69) is 60.3 Å². The van der Waals surface area contributed by atoms with E-state index < -0.39 is 0 Å². The van der Waals surface area contributed by atoms with Crippen LogP contribution in [-0.4, -0.2) is 32.5 Å². The summed E-state index contributed by atoms with van der Waals surface area (Å²) in [6, 6.07) is 8.42. The summed E-state index contributed by atoms with van der Waals surface area (Å²) in [6.45, 7) is 7.46. The molecule has 3 aromatic rings. The highest BCUT2D eigenvalue weighted by Crippen LogP contribution is 2.45. The van der Waals surface area contributed by atoms with Gasteiger partial charge < -0.3 is 10.1 Å². The number of carbonyl (C=O) groups excluding carboxylic acids is 1. The van der Waals surface area contributed by atoms with Crippen LogP contribution in [0.1, 0.15) is 49.9 Å². The number of nitrogens with one attached hydrogen (secondary N) is 1. The molecule has 1 amide bonds. The number of hydrogen-bond acceptors (Lipinski definition) is 4. The van der Waals surface area contributed by atoms with Crippen molar-refractivity contribution < 1.29 is 9.53 Å². The molecule has 1 aliphatic rings. The molecule has 2 aromatic heterocycles. The molecule has 152 valence electrons. The fraction of sp³-hybridized carbons (Fsp3) is 0.435. The van der Waals surface area contributed by atoms with Crippen LogP contribution in [0.15, 0.2) is 49.1 Å². The lowest BCUT2D eigenvalue weighted by Gasteiger charge is -2.45. The average molecular weight is 393 g/mol. The van der Waals surface area contributed by atoms with Crippen molar-refractivity contribution in [2.75, 3.05) is 6.61 Å². The predicted molar refractivity (Wildman–Crippen MR) is 112 cm³/mol. The Morgan fingerprint density at radius 3 is 2.90 bits per heavy atom. The first-order valence-electron chi connectivity index (χ1n) is 10.1. The number of amides is 1. The number of benzene rings is 1. The molecule has 0 saturated carbocycles. The van der Waals surface area contributed by atoms with Crippen molar-refractivity contribution in [2.24, 2.45) is 0 Å². The summed E-state index contributed by atoms with van der Waals surface area (Å²) in [5.41, 5.74) is 3.72. The SMILES string of the molecule is Cc1ccccc1[C@]1(CC(=O)NCc2cnc3cnccn23)CCOC(C)(C)C1. The Morgan fingerprint density at radius 2 is 2.10 bits per heavy atom. The number of hydrogen-bond donors (Lipinski definition) is 1. The van der Waals surface area contributed by atoms with Crippen LogP contribution in [0.2, 0.25) is 0 Å². The van der Waals surface area contributed by atoms with Crippen LogP contribution in [0.5, 0.6) is 0 Å². The molecular formula is C23H28N4O2. The van der Waals surface area contributed by atoms with E-state index >= 15 is 0 Å². The van der Waals surface area contributed by atoms with Gasteiger partial charge in [-0.05, 0) is 44.7 Å². The first-order chi connectivity index (χ1) is 13.9. The third kappa shape index (κ3) is 4.03. The van der Waals surface area contributed by atoms with Gasteiger partial charge in [-0.3, -0.25) is 14.2 Å². The number of ether oxygens (including phenoxy) is 1. The van der Waals surface area contributed by atoms with Gasteiger partial charge in [0.15, 0.2) is 5.65 Å². The highest BCUT2D eigenvalue weighted by atomic mass is 16.5. The molecule has 4 rings (SSSR count). The zero-order valence-electron chi connectivity index (χ0n) is 17.3. The number of aryl methyl sites for hydroxylation is 1. The Morgan fingerprint density at radius 1 is 1.28 bits per heavy atom. The molecule has 1 aliphatic heterocycles. The summed E-state index contributed by atoms with van der Waals surface area (Å²) in [5.74, 6) is 0.0509. The zero-order chi connectivity index (χ0) is 20.5. The van der Waals surface area contributed by atoms with E-state index in [1.807, 2.05) is 10.6 Å². The molecule has 29 heavy (non-hydrogen) atoms. The van der Waals surface area contributed by atoms with Gasteiger partial charge in [0, 0.05) is 30.8 Å². The van der Waals surface area contributed by atoms with Crippen molar-refractivity contribution in [3.63, 3.8) is 0 Å². The maximum atomic E-state index is 13.0. The standard InChI is InChI=1S/C23H28N4O2/c1-17-6-4-5-7-19(17)23(8-11-29-22(2,3)16-23)12-21(28)26-14-18-13-25-20-15-24-9-10-27(18)20/h4-7,9-10,13,15H,8,11-12,14,16H2,1-3H3,(H,26,28)/t23-/m0/s1. The second-order valence-corrected chi connectivity index (χ2v) is 8.64. The van der Waals surface area contributed by atoms with E-state index in [1.54, 1.807) is 18.6 Å². The van der Waals surface area contributed by atoms with Crippen LogP contribution in [0.3, 0.4) is 0 Å². The van der Waals surface area contributed by atoms with Crippen molar-refractivity contribution in [3.05, 3.63) is 65.9 Å². The fourth-order valence-corrected chi connectivity index (χ4v) is 4.71. The van der Waals surface area contributed by atoms with Gasteiger partial charge in [0.1, 0.15) is 0 Å². The Hall–Kier alpha value is -2.73. The van der Waals surface area contributed by atoms with Crippen molar-refractivity contribution >= 4 is 11.6 Å². The van der Waals surface area contributed by atoms with E-state index in [1.165, 1.54) is 11.1 Å². The fourth-order valence-electron chi connectivity index (χ4n) is 4.71. The quantitative estimate of drug-likeness (QED) is 0.721. The summed E-state index contributed by atoms with van der Waals surface area (Å²) in [7, 11) is 0. The third-order valence-electron chi connectivity index (χ3n) is 5.91. The van der Waals surface area contributed by atoms with E-state index in [0.717, 1.165) is 24.2 Å². The van der Waals surface area contributed by atoms with Crippen molar-refractivity contribution in [1.82, 2.24) is 19.7 Å². The van der Waals surface area contributed by atoms with Crippen LogP contribution in [-0.2, 0) is 21.5 Å². The van der Waals surface area contributed by atoms with E-state index in [-0.39, 0.29) is 16.9 Å². The Balaban J connectivity index is 1.54. The van der Waals surface area contributed by atoms with Crippen molar-refractivity contribution in [3.8, 4) is 0 Å². The van der Waals surface area contributed by atoms with Gasteiger partial charge in [-0.15, -0.1) is 0 Å². The highest BCUT2D eigenvalue weighted by Gasteiger charge is 2.44. The van der Waals surface area contributed by atoms with Crippen LogP contribution in [0.25, 0.3) is 5.65 Å². The summed E-state index contributed by atoms with van der Waals surface area (Å²) >= 11 is 0. The lowest BCUT2D eigenvalue weighted by molar-refractivity contribution is -0.126. The minimum absolute atomic E-state index is 0.0509. The summed E-state index contributed by atoms with van der Waals surface area (Å²) in [5, 5.41) is 3.10. The predicted octanol–water partition coefficient (Wildman–Crippen LogP) is 3.57. The molecule has 1 fully saturated rings. The number of nitrogens with zero attached hydrogens (tertiary/aromatic N) is 3. The minimum atomic E-state index is -0.255. The smallest absolute Gasteiger partial charge is 0.221 e. The first-order valence-corrected chi connectivity index (χ1v) is 10.1. The maximum absolute atomic E-state index is 13.0. The zero-order valence-corrected chi connectivity index (χ0v) is 17.3. The normalized spacial score (nSPS) is 21.2. The average Bonchev–Trinajstić information content (AvgIpc) is 3.09. The molecule has 3 heterocycles. The molecule has 0 radical (unpaired) electrons. The Kier molecular flexibility index (Phi) is 5.13. The molecule has 6 heteroatoms. The highest BCUT2D eigenvalue weighted by molar-refractivity contribution is 5.78. The van der Waals surface area contributed by atoms with Crippen molar-refractivity contribution in [2.45, 2.75) is 57.6 Å². The number of imidazole rings is 1. The first kappa shape index (κ1) is 19.6. The lowest BCUT2D eigenvalue weighted by atomic mass is 9.66. The molecule has 0 aliphatic carbocycles. The van der Waals surface area contributed by atoms with Gasteiger partial charge >= 0.3 is 0 Å². The molecular weight excluding hydrogens is 364 g/mol. The molecule has 1 aromatic carbocycles. The Bertz CT molecular complexity index is 1030. The summed E-state index contributed by atoms with van der Waals surface area (Å²) in [4.78, 5) is 21.5. The van der Waals surface area contributed by atoms with E-state index in [9.17, 15) is 4.79 Å². The van der Waals surface area contributed by atoms with Crippen LogP contribution in [0.4, 0.5) is 0 Å². The van der Waals surface area contributed by atoms with Crippen molar-refractivity contribution in [1.29, 1.82) is 0 Å².